The van der Waals surface area contributed by atoms with Crippen molar-refractivity contribution in [3.8, 4) is 11.5 Å². The van der Waals surface area contributed by atoms with E-state index in [1.54, 1.807) is 12.3 Å². The van der Waals surface area contributed by atoms with Gasteiger partial charge in [-0.05, 0) is 12.1 Å². The molecule has 0 unspecified atom stereocenters. The molecule has 3 heterocycles. The maximum absolute atomic E-state index is 13.0. The van der Waals surface area contributed by atoms with Crippen LogP contribution in [0.1, 0.15) is 18.4 Å². The van der Waals surface area contributed by atoms with Crippen molar-refractivity contribution < 1.29 is 8.91 Å². The zero-order valence-corrected chi connectivity index (χ0v) is 9.01. The Hall–Kier alpha value is -1.82. The van der Waals surface area contributed by atoms with Gasteiger partial charge in [-0.2, -0.15) is 4.98 Å². The molecule has 0 radical (unpaired) electrons. The third-order valence-corrected chi connectivity index (χ3v) is 2.71. The van der Waals surface area contributed by atoms with Gasteiger partial charge in [0, 0.05) is 19.2 Å². The van der Waals surface area contributed by atoms with Crippen molar-refractivity contribution in [3.63, 3.8) is 0 Å². The van der Waals surface area contributed by atoms with Gasteiger partial charge in [0.25, 0.3) is 0 Å². The van der Waals surface area contributed by atoms with Gasteiger partial charge in [0.15, 0.2) is 0 Å². The zero-order chi connectivity index (χ0) is 11.7. The van der Waals surface area contributed by atoms with Crippen LogP contribution in [-0.2, 0) is 0 Å². The molecule has 1 aliphatic rings. The fourth-order valence-electron chi connectivity index (χ4n) is 1.86. The Morgan fingerprint density at radius 2 is 2.35 bits per heavy atom. The molecule has 1 N–H and O–H groups in total. The lowest BCUT2D eigenvalue weighted by Crippen LogP contribution is -2.14. The molecule has 1 fully saturated rings. The van der Waals surface area contributed by atoms with Gasteiger partial charge in [-0.25, -0.2) is 4.39 Å². The SMILES string of the molecule is F[C@@H]1CN[C@@H](c2nc(-c3ccccn3)no2)C1. The van der Waals surface area contributed by atoms with Gasteiger partial charge in [-0.3, -0.25) is 4.98 Å². The first-order valence-corrected chi connectivity index (χ1v) is 5.45. The van der Waals surface area contributed by atoms with Crippen molar-refractivity contribution in [2.75, 3.05) is 6.54 Å². The summed E-state index contributed by atoms with van der Waals surface area (Å²) in [5, 5.41) is 6.84. The molecule has 0 spiro atoms. The van der Waals surface area contributed by atoms with E-state index < -0.39 is 6.17 Å². The minimum atomic E-state index is -0.842. The van der Waals surface area contributed by atoms with E-state index in [4.69, 9.17) is 4.52 Å². The molecule has 17 heavy (non-hydrogen) atoms. The summed E-state index contributed by atoms with van der Waals surface area (Å²) in [6, 6.07) is 5.28. The maximum atomic E-state index is 13.0. The lowest BCUT2D eigenvalue weighted by Gasteiger charge is -2.00. The lowest BCUT2D eigenvalue weighted by molar-refractivity contribution is 0.324. The van der Waals surface area contributed by atoms with Crippen LogP contribution >= 0.6 is 0 Å². The molecule has 0 bridgehead atoms. The highest BCUT2D eigenvalue weighted by atomic mass is 19.1. The first-order chi connectivity index (χ1) is 8.33. The van der Waals surface area contributed by atoms with Crippen LogP contribution in [-0.4, -0.2) is 27.8 Å². The van der Waals surface area contributed by atoms with Gasteiger partial charge >= 0.3 is 0 Å². The molecular weight excluding hydrogens is 223 g/mol. The Morgan fingerprint density at radius 1 is 1.41 bits per heavy atom. The quantitative estimate of drug-likeness (QED) is 0.853. The minimum absolute atomic E-state index is 0.185. The molecule has 2 aromatic heterocycles. The molecule has 0 aliphatic carbocycles. The summed E-state index contributed by atoms with van der Waals surface area (Å²) < 4.78 is 18.1. The fraction of sp³-hybridized carbons (Fsp3) is 0.364. The second kappa shape index (κ2) is 4.21. The number of nitrogens with one attached hydrogen (secondary N) is 1. The lowest BCUT2D eigenvalue weighted by atomic mass is 10.2. The number of rotatable bonds is 2. The number of hydrogen-bond donors (Lipinski definition) is 1. The Labute approximate surface area is 97.1 Å². The number of nitrogens with zero attached hydrogens (tertiary/aromatic N) is 3. The predicted molar refractivity (Wildman–Crippen MR) is 57.8 cm³/mol. The Kier molecular flexibility index (Phi) is 2.56. The Balaban J connectivity index is 1.84. The van der Waals surface area contributed by atoms with E-state index in [1.165, 1.54) is 0 Å². The van der Waals surface area contributed by atoms with Crippen LogP contribution in [0.4, 0.5) is 4.39 Å². The first kappa shape index (κ1) is 10.3. The predicted octanol–water partition coefficient (Wildman–Crippen LogP) is 1.50. The van der Waals surface area contributed by atoms with Crippen LogP contribution in [0, 0.1) is 0 Å². The van der Waals surface area contributed by atoms with Gasteiger partial charge in [0.1, 0.15) is 11.9 Å². The smallest absolute Gasteiger partial charge is 0.244 e. The number of pyridine rings is 1. The average Bonchev–Trinajstić information content (AvgIpc) is 2.98. The highest BCUT2D eigenvalue weighted by molar-refractivity contribution is 5.47. The van der Waals surface area contributed by atoms with Crippen LogP contribution < -0.4 is 5.32 Å². The van der Waals surface area contributed by atoms with E-state index in [1.807, 2.05) is 12.1 Å². The second-order valence-electron chi connectivity index (χ2n) is 3.97. The average molecular weight is 234 g/mol. The van der Waals surface area contributed by atoms with Crippen molar-refractivity contribution in [1.82, 2.24) is 20.4 Å². The van der Waals surface area contributed by atoms with Crippen LogP contribution in [0.2, 0.25) is 0 Å². The third kappa shape index (κ3) is 2.03. The van der Waals surface area contributed by atoms with Crippen molar-refractivity contribution >= 4 is 0 Å². The fourth-order valence-corrected chi connectivity index (χ4v) is 1.86. The van der Waals surface area contributed by atoms with Crippen molar-refractivity contribution in [3.05, 3.63) is 30.3 Å². The van der Waals surface area contributed by atoms with Gasteiger partial charge in [-0.1, -0.05) is 11.2 Å². The molecule has 6 heteroatoms. The molecule has 3 rings (SSSR count). The molecule has 1 saturated heterocycles. The normalized spacial score (nSPS) is 24.1. The Bertz CT molecular complexity index is 501. The summed E-state index contributed by atoms with van der Waals surface area (Å²) in [7, 11) is 0. The number of hydrogen-bond acceptors (Lipinski definition) is 5. The largest absolute Gasteiger partial charge is 0.337 e. The van der Waals surface area contributed by atoms with Crippen LogP contribution in [0.25, 0.3) is 11.5 Å². The van der Waals surface area contributed by atoms with E-state index in [-0.39, 0.29) is 6.04 Å². The summed E-state index contributed by atoms with van der Waals surface area (Å²) >= 11 is 0. The maximum Gasteiger partial charge on any atom is 0.244 e. The number of alkyl halides is 1. The summed E-state index contributed by atoms with van der Waals surface area (Å²) in [5.74, 6) is 0.857. The molecule has 2 aromatic rings. The zero-order valence-electron chi connectivity index (χ0n) is 9.01. The molecular formula is C11H11FN4O. The Morgan fingerprint density at radius 3 is 3.06 bits per heavy atom. The van der Waals surface area contributed by atoms with Crippen LogP contribution in [0.3, 0.4) is 0 Å². The van der Waals surface area contributed by atoms with E-state index in [0.717, 1.165) is 0 Å². The third-order valence-electron chi connectivity index (χ3n) is 2.71. The highest BCUT2D eigenvalue weighted by Crippen LogP contribution is 2.25. The standard InChI is InChI=1S/C11H11FN4O/c12-7-5-9(14-6-7)11-15-10(16-17-11)8-3-1-2-4-13-8/h1-4,7,9,14H,5-6H2/t7-,9+/m0/s1. The summed E-state index contributed by atoms with van der Waals surface area (Å²) in [4.78, 5) is 8.35. The molecule has 5 nitrogen and oxygen atoms in total. The van der Waals surface area contributed by atoms with Gasteiger partial charge in [0.05, 0.1) is 6.04 Å². The summed E-state index contributed by atoms with van der Waals surface area (Å²) in [6.45, 7) is 0.339. The van der Waals surface area contributed by atoms with Crippen molar-refractivity contribution in [2.45, 2.75) is 18.6 Å². The highest BCUT2D eigenvalue weighted by Gasteiger charge is 2.29. The van der Waals surface area contributed by atoms with Gasteiger partial charge in [-0.15, -0.1) is 0 Å². The second-order valence-corrected chi connectivity index (χ2v) is 3.97. The summed E-state index contributed by atoms with van der Waals surface area (Å²) in [5.41, 5.74) is 0.650. The molecule has 2 atom stereocenters. The molecule has 0 amide bonds. The molecule has 1 aliphatic heterocycles. The monoisotopic (exact) mass is 234 g/mol. The van der Waals surface area contributed by atoms with Crippen LogP contribution in [0.15, 0.2) is 28.9 Å². The van der Waals surface area contributed by atoms with Gasteiger partial charge in [0.2, 0.25) is 11.7 Å². The van der Waals surface area contributed by atoms with Crippen LogP contribution in [0.5, 0.6) is 0 Å². The number of aromatic nitrogens is 3. The van der Waals surface area contributed by atoms with E-state index in [9.17, 15) is 4.39 Å². The summed E-state index contributed by atoms with van der Waals surface area (Å²) in [6.07, 6.45) is 1.20. The van der Waals surface area contributed by atoms with E-state index in [0.29, 0.717) is 30.4 Å². The first-order valence-electron chi connectivity index (χ1n) is 5.45. The minimum Gasteiger partial charge on any atom is -0.337 e. The number of halogens is 1. The van der Waals surface area contributed by atoms with Crippen molar-refractivity contribution in [2.24, 2.45) is 0 Å². The molecule has 0 saturated carbocycles. The van der Waals surface area contributed by atoms with E-state index >= 15 is 0 Å². The van der Waals surface area contributed by atoms with E-state index in [2.05, 4.69) is 20.4 Å². The molecule has 0 aromatic carbocycles. The molecule has 88 valence electrons. The van der Waals surface area contributed by atoms with Gasteiger partial charge < -0.3 is 9.84 Å². The topological polar surface area (TPSA) is 63.8 Å². The van der Waals surface area contributed by atoms with Crippen molar-refractivity contribution in [1.29, 1.82) is 0 Å².